The smallest absolute Gasteiger partial charge is 0.341 e. The number of sulfonamides is 1. The highest BCUT2D eigenvalue weighted by atomic mass is 32.2. The van der Waals surface area contributed by atoms with Crippen molar-refractivity contribution in [2.24, 2.45) is 5.41 Å². The maximum atomic E-state index is 13.9. The van der Waals surface area contributed by atoms with Gasteiger partial charge < -0.3 is 4.90 Å². The van der Waals surface area contributed by atoms with Crippen LogP contribution in [-0.2, 0) is 30.8 Å². The van der Waals surface area contributed by atoms with Crippen molar-refractivity contribution in [1.82, 2.24) is 14.5 Å². The van der Waals surface area contributed by atoms with E-state index in [2.05, 4.69) is 30.4 Å². The van der Waals surface area contributed by atoms with Gasteiger partial charge in [-0.1, -0.05) is 39.0 Å². The van der Waals surface area contributed by atoms with Crippen molar-refractivity contribution in [2.45, 2.75) is 85.8 Å². The van der Waals surface area contributed by atoms with Crippen LogP contribution in [0.25, 0.3) is 0 Å². The van der Waals surface area contributed by atoms with Crippen LogP contribution < -0.4 is 4.72 Å². The normalized spacial score (nSPS) is 19.8. The minimum atomic E-state index is -5.03. The standard InChI is InChI=1S/C29H38F3N3O5S2/c1-28(2,3)15-19-34-16-7-10-25(34)27(36)35-17-13-21(14-18-35)33-42(39,40)26-20-23(11-12-24(26)29(30,31)32)41(37,38)22-8-5-4-6-9-22/h4-6,8-9,11-12,20-21,25,33H,7,10,13-19H2,1-3H3/t25-/m0/s1. The third-order valence-corrected chi connectivity index (χ3v) is 11.2. The second-order valence-electron chi connectivity index (χ2n) is 12.2. The Morgan fingerprint density at radius 2 is 1.55 bits per heavy atom. The molecule has 0 aromatic heterocycles. The van der Waals surface area contributed by atoms with E-state index >= 15 is 0 Å². The number of alkyl halides is 3. The van der Waals surface area contributed by atoms with E-state index in [1.54, 1.807) is 11.0 Å². The van der Waals surface area contributed by atoms with Gasteiger partial charge in [0.05, 0.1) is 26.3 Å². The van der Waals surface area contributed by atoms with Crippen LogP contribution >= 0.6 is 0 Å². The molecule has 42 heavy (non-hydrogen) atoms. The van der Waals surface area contributed by atoms with Crippen molar-refractivity contribution >= 4 is 25.8 Å². The van der Waals surface area contributed by atoms with Crippen LogP contribution in [0.3, 0.4) is 0 Å². The molecule has 4 rings (SSSR count). The molecule has 8 nitrogen and oxygen atoms in total. The summed E-state index contributed by atoms with van der Waals surface area (Å²) in [4.78, 5) is 15.4. The maximum absolute atomic E-state index is 13.9. The van der Waals surface area contributed by atoms with Crippen LogP contribution in [-0.4, -0.2) is 70.8 Å². The van der Waals surface area contributed by atoms with E-state index in [1.165, 1.54) is 24.3 Å². The highest BCUT2D eigenvalue weighted by molar-refractivity contribution is 7.91. The number of amides is 1. The van der Waals surface area contributed by atoms with E-state index in [0.717, 1.165) is 38.4 Å². The number of piperidine rings is 1. The van der Waals surface area contributed by atoms with E-state index in [4.69, 9.17) is 0 Å². The lowest BCUT2D eigenvalue weighted by molar-refractivity contribution is -0.140. The first-order chi connectivity index (χ1) is 19.5. The number of hydrogen-bond acceptors (Lipinski definition) is 6. The van der Waals surface area contributed by atoms with Crippen LogP contribution in [0.1, 0.15) is 58.4 Å². The van der Waals surface area contributed by atoms with Crippen LogP contribution in [0.5, 0.6) is 0 Å². The number of likely N-dealkylation sites (tertiary alicyclic amines) is 2. The third kappa shape index (κ3) is 7.53. The zero-order valence-electron chi connectivity index (χ0n) is 24.0. The highest BCUT2D eigenvalue weighted by Gasteiger charge is 2.40. The summed E-state index contributed by atoms with van der Waals surface area (Å²) >= 11 is 0. The van der Waals surface area contributed by atoms with Crippen molar-refractivity contribution in [3.05, 3.63) is 54.1 Å². The molecule has 2 saturated heterocycles. The Morgan fingerprint density at radius 1 is 0.905 bits per heavy atom. The molecular weight excluding hydrogens is 591 g/mol. The van der Waals surface area contributed by atoms with Gasteiger partial charge in [-0.25, -0.2) is 21.6 Å². The molecule has 1 amide bonds. The molecular formula is C29H38F3N3O5S2. The Morgan fingerprint density at radius 3 is 2.14 bits per heavy atom. The summed E-state index contributed by atoms with van der Waals surface area (Å²) in [6, 6.07) is 7.96. The number of halogens is 3. The first kappa shape index (κ1) is 32.4. The Bertz CT molecular complexity index is 1480. The van der Waals surface area contributed by atoms with Crippen LogP contribution in [0.4, 0.5) is 13.2 Å². The van der Waals surface area contributed by atoms with E-state index < -0.39 is 47.4 Å². The summed E-state index contributed by atoms with van der Waals surface area (Å²) in [6.07, 6.45) is -1.94. The molecule has 0 saturated carbocycles. The minimum absolute atomic E-state index is 0.000828. The van der Waals surface area contributed by atoms with Gasteiger partial charge in [0.25, 0.3) is 0 Å². The molecule has 2 aliphatic rings. The second kappa shape index (κ2) is 12.3. The van der Waals surface area contributed by atoms with Crippen molar-refractivity contribution in [3.63, 3.8) is 0 Å². The summed E-state index contributed by atoms with van der Waals surface area (Å²) in [7, 11) is -9.04. The lowest BCUT2D eigenvalue weighted by Gasteiger charge is -2.36. The number of carbonyl (C=O) groups is 1. The van der Waals surface area contributed by atoms with E-state index in [9.17, 15) is 34.8 Å². The van der Waals surface area contributed by atoms with Crippen molar-refractivity contribution in [2.75, 3.05) is 26.2 Å². The van der Waals surface area contributed by atoms with Gasteiger partial charge in [-0.05, 0) is 80.9 Å². The quantitative estimate of drug-likeness (QED) is 0.454. The first-order valence-corrected chi connectivity index (χ1v) is 17.0. The Kier molecular flexibility index (Phi) is 9.46. The fraction of sp³-hybridized carbons (Fsp3) is 0.552. The number of hydrogen-bond donors (Lipinski definition) is 1. The zero-order chi connectivity index (χ0) is 30.9. The number of nitrogens with zero attached hydrogens (tertiary/aromatic N) is 2. The zero-order valence-corrected chi connectivity index (χ0v) is 25.7. The van der Waals surface area contributed by atoms with Gasteiger partial charge in [-0.15, -0.1) is 0 Å². The van der Waals surface area contributed by atoms with E-state index in [0.29, 0.717) is 12.1 Å². The van der Waals surface area contributed by atoms with Crippen molar-refractivity contribution in [1.29, 1.82) is 0 Å². The average molecular weight is 630 g/mol. The Labute approximate surface area is 246 Å². The average Bonchev–Trinajstić information content (AvgIpc) is 3.40. The highest BCUT2D eigenvalue weighted by Crippen LogP contribution is 2.36. The predicted molar refractivity (Wildman–Crippen MR) is 152 cm³/mol. The molecule has 0 aliphatic carbocycles. The molecule has 2 aromatic rings. The van der Waals surface area contributed by atoms with Gasteiger partial charge in [-0.3, -0.25) is 9.69 Å². The molecule has 0 radical (unpaired) electrons. The largest absolute Gasteiger partial charge is 0.417 e. The minimum Gasteiger partial charge on any atom is -0.341 e. The summed E-state index contributed by atoms with van der Waals surface area (Å²) in [6.45, 7) is 8.67. The first-order valence-electron chi connectivity index (χ1n) is 14.1. The van der Waals surface area contributed by atoms with Crippen molar-refractivity contribution < 1.29 is 34.8 Å². The van der Waals surface area contributed by atoms with E-state index in [-0.39, 0.29) is 48.2 Å². The van der Waals surface area contributed by atoms with Crippen molar-refractivity contribution in [3.8, 4) is 0 Å². The van der Waals surface area contributed by atoms with Gasteiger partial charge in [0, 0.05) is 19.1 Å². The van der Waals surface area contributed by atoms with Gasteiger partial charge in [0.1, 0.15) is 0 Å². The Balaban J connectivity index is 1.48. The number of benzene rings is 2. The molecule has 2 aromatic carbocycles. The van der Waals surface area contributed by atoms with Gasteiger partial charge in [0.2, 0.25) is 25.8 Å². The lowest BCUT2D eigenvalue weighted by Crippen LogP contribution is -2.51. The number of nitrogens with one attached hydrogen (secondary N) is 1. The summed E-state index contributed by atoms with van der Waals surface area (Å²) < 4.78 is 96.6. The summed E-state index contributed by atoms with van der Waals surface area (Å²) in [5.41, 5.74) is -1.31. The molecule has 232 valence electrons. The number of sulfone groups is 1. The molecule has 2 aliphatic heterocycles. The van der Waals surface area contributed by atoms with Gasteiger partial charge in [-0.2, -0.15) is 13.2 Å². The predicted octanol–water partition coefficient (Wildman–Crippen LogP) is 4.71. The van der Waals surface area contributed by atoms with Gasteiger partial charge >= 0.3 is 6.18 Å². The second-order valence-corrected chi connectivity index (χ2v) is 15.8. The molecule has 1 N–H and O–H groups in total. The number of carbonyl (C=O) groups excluding carboxylic acids is 1. The molecule has 2 fully saturated rings. The van der Waals surface area contributed by atoms with E-state index in [1.807, 2.05) is 0 Å². The number of rotatable bonds is 8. The summed E-state index contributed by atoms with van der Waals surface area (Å²) in [5.74, 6) is 0.000828. The maximum Gasteiger partial charge on any atom is 0.417 e. The summed E-state index contributed by atoms with van der Waals surface area (Å²) in [5, 5.41) is 0. The molecule has 2 heterocycles. The molecule has 0 unspecified atom stereocenters. The monoisotopic (exact) mass is 629 g/mol. The SMILES string of the molecule is CC(C)(C)CCN1CCC[C@H]1C(=O)N1CCC(NS(=O)(=O)c2cc(S(=O)(=O)c3ccccc3)ccc2C(F)(F)F)CC1. The molecule has 0 spiro atoms. The van der Waals surface area contributed by atoms with Crippen LogP contribution in [0.15, 0.2) is 63.2 Å². The van der Waals surface area contributed by atoms with Crippen LogP contribution in [0.2, 0.25) is 0 Å². The third-order valence-electron chi connectivity index (χ3n) is 7.84. The van der Waals surface area contributed by atoms with Crippen LogP contribution in [0, 0.1) is 5.41 Å². The fourth-order valence-electron chi connectivity index (χ4n) is 5.43. The fourth-order valence-corrected chi connectivity index (χ4v) is 8.37. The Hall–Kier alpha value is -2.48. The lowest BCUT2D eigenvalue weighted by atomic mass is 9.92. The molecule has 1 atom stereocenters. The molecule has 13 heteroatoms. The molecule has 0 bridgehead atoms. The topological polar surface area (TPSA) is 104 Å². The van der Waals surface area contributed by atoms with Gasteiger partial charge in [0.15, 0.2) is 0 Å².